The first-order chi connectivity index (χ1) is 14.2. The Morgan fingerprint density at radius 2 is 1.93 bits per heavy atom. The average molecular weight is 393 g/mol. The zero-order chi connectivity index (χ0) is 19.6. The molecule has 7 nitrogen and oxygen atoms in total. The summed E-state index contributed by atoms with van der Waals surface area (Å²) in [7, 11) is 0. The van der Waals surface area contributed by atoms with Gasteiger partial charge in [-0.15, -0.1) is 5.10 Å². The lowest BCUT2D eigenvalue weighted by molar-refractivity contribution is 0.0932. The van der Waals surface area contributed by atoms with Gasteiger partial charge in [0.1, 0.15) is 0 Å². The predicted molar refractivity (Wildman–Crippen MR) is 112 cm³/mol. The van der Waals surface area contributed by atoms with Gasteiger partial charge in [-0.2, -0.15) is 0 Å². The van der Waals surface area contributed by atoms with Crippen LogP contribution in [0.2, 0.25) is 0 Å². The third kappa shape index (κ3) is 4.05. The van der Waals surface area contributed by atoms with Crippen LogP contribution in [0.5, 0.6) is 0 Å². The van der Waals surface area contributed by atoms with Crippen LogP contribution in [0.15, 0.2) is 36.5 Å². The van der Waals surface area contributed by atoms with E-state index in [1.54, 1.807) is 0 Å². The van der Waals surface area contributed by atoms with Gasteiger partial charge in [-0.05, 0) is 43.2 Å². The molecule has 2 fully saturated rings. The summed E-state index contributed by atoms with van der Waals surface area (Å²) >= 11 is 0. The van der Waals surface area contributed by atoms with Gasteiger partial charge in [0.05, 0.1) is 12.2 Å². The summed E-state index contributed by atoms with van der Waals surface area (Å²) in [6, 6.07) is 11.3. The first-order valence-corrected chi connectivity index (χ1v) is 10.8. The summed E-state index contributed by atoms with van der Waals surface area (Å²) in [6.07, 6.45) is 8.43. The molecule has 0 unspecified atom stereocenters. The number of para-hydroxylation sites is 1. The molecular formula is C22H28N6O. The summed E-state index contributed by atoms with van der Waals surface area (Å²) in [5, 5.41) is 12.7. The number of amides is 1. The molecule has 2 N–H and O–H groups in total. The van der Waals surface area contributed by atoms with Crippen molar-refractivity contribution in [2.45, 2.75) is 57.2 Å². The van der Waals surface area contributed by atoms with Crippen molar-refractivity contribution in [2.75, 3.05) is 13.1 Å². The van der Waals surface area contributed by atoms with E-state index < -0.39 is 0 Å². The Balaban J connectivity index is 1.15. The maximum absolute atomic E-state index is 12.4. The number of aromatic amines is 1. The van der Waals surface area contributed by atoms with Crippen LogP contribution in [0.1, 0.15) is 60.7 Å². The first-order valence-electron chi connectivity index (χ1n) is 10.8. The molecule has 2 aliphatic rings. The third-order valence-electron chi connectivity index (χ3n) is 6.34. The number of carbonyl (C=O) groups is 1. The Morgan fingerprint density at radius 3 is 2.72 bits per heavy atom. The van der Waals surface area contributed by atoms with Crippen LogP contribution in [0.3, 0.4) is 0 Å². The Hall–Kier alpha value is -2.67. The average Bonchev–Trinajstić information content (AvgIpc) is 3.49. The highest BCUT2D eigenvalue weighted by molar-refractivity contribution is 5.92. The van der Waals surface area contributed by atoms with Crippen molar-refractivity contribution >= 4 is 16.8 Å². The maximum Gasteiger partial charge on any atom is 0.273 e. The Labute approximate surface area is 170 Å². The SMILES string of the molecule is O=C(NC1CCCC1)c1cn(C2CCN(Cc3cc4ccccc4[nH]3)CC2)nn1. The van der Waals surface area contributed by atoms with Crippen LogP contribution in [-0.4, -0.2) is 49.9 Å². The molecule has 1 aliphatic heterocycles. The maximum atomic E-state index is 12.4. The minimum absolute atomic E-state index is 0.0839. The smallest absolute Gasteiger partial charge is 0.273 e. The largest absolute Gasteiger partial charge is 0.357 e. The van der Waals surface area contributed by atoms with E-state index in [0.717, 1.165) is 45.3 Å². The van der Waals surface area contributed by atoms with Crippen LogP contribution in [-0.2, 0) is 6.54 Å². The van der Waals surface area contributed by atoms with Crippen LogP contribution >= 0.6 is 0 Å². The third-order valence-corrected chi connectivity index (χ3v) is 6.34. The highest BCUT2D eigenvalue weighted by Crippen LogP contribution is 2.24. The van der Waals surface area contributed by atoms with Crippen molar-refractivity contribution in [3.63, 3.8) is 0 Å². The van der Waals surface area contributed by atoms with E-state index in [0.29, 0.717) is 17.8 Å². The summed E-state index contributed by atoms with van der Waals surface area (Å²) in [4.78, 5) is 18.4. The Morgan fingerprint density at radius 1 is 1.14 bits per heavy atom. The molecule has 1 saturated heterocycles. The van der Waals surface area contributed by atoms with E-state index in [2.05, 4.69) is 55.8 Å². The monoisotopic (exact) mass is 392 g/mol. The molecule has 0 bridgehead atoms. The molecule has 1 amide bonds. The lowest BCUT2D eigenvalue weighted by Gasteiger charge is -2.31. The van der Waals surface area contributed by atoms with Gasteiger partial charge in [0.25, 0.3) is 5.91 Å². The zero-order valence-electron chi connectivity index (χ0n) is 16.7. The molecule has 7 heteroatoms. The first kappa shape index (κ1) is 18.4. The number of likely N-dealkylation sites (tertiary alicyclic amines) is 1. The molecule has 1 aromatic carbocycles. The summed E-state index contributed by atoms with van der Waals surface area (Å²) in [6.45, 7) is 2.97. The summed E-state index contributed by atoms with van der Waals surface area (Å²) in [5.74, 6) is -0.0839. The molecule has 0 atom stereocenters. The number of hydrogen-bond donors (Lipinski definition) is 2. The minimum Gasteiger partial charge on any atom is -0.357 e. The number of piperidine rings is 1. The second kappa shape index (κ2) is 7.99. The number of hydrogen-bond acceptors (Lipinski definition) is 4. The molecule has 3 aromatic rings. The van der Waals surface area contributed by atoms with Gasteiger partial charge in [0.2, 0.25) is 0 Å². The molecule has 1 aliphatic carbocycles. The summed E-state index contributed by atoms with van der Waals surface area (Å²) < 4.78 is 1.89. The molecule has 29 heavy (non-hydrogen) atoms. The standard InChI is InChI=1S/C22H28N6O/c29-22(24-17-6-2-3-7-17)21-15-28(26-25-21)19-9-11-27(12-10-19)14-18-13-16-5-1-4-8-20(16)23-18/h1,4-5,8,13,15,17,19,23H,2-3,6-7,9-12,14H2,(H,24,29). The van der Waals surface area contributed by atoms with E-state index in [9.17, 15) is 4.79 Å². The van der Waals surface area contributed by atoms with Gasteiger partial charge in [-0.1, -0.05) is 36.3 Å². The molecule has 2 aromatic heterocycles. The van der Waals surface area contributed by atoms with Gasteiger partial charge in [-0.3, -0.25) is 9.69 Å². The van der Waals surface area contributed by atoms with Gasteiger partial charge >= 0.3 is 0 Å². The number of H-pyrrole nitrogens is 1. The number of fused-ring (bicyclic) bond motifs is 1. The fourth-order valence-corrected chi connectivity index (χ4v) is 4.69. The predicted octanol–water partition coefficient (Wildman–Crippen LogP) is 3.27. The number of benzene rings is 1. The second-order valence-electron chi connectivity index (χ2n) is 8.43. The molecule has 152 valence electrons. The number of nitrogens with zero attached hydrogens (tertiary/aromatic N) is 4. The zero-order valence-corrected chi connectivity index (χ0v) is 16.7. The lowest BCUT2D eigenvalue weighted by Crippen LogP contribution is -2.34. The number of nitrogens with one attached hydrogen (secondary N) is 2. The van der Waals surface area contributed by atoms with E-state index >= 15 is 0 Å². The van der Waals surface area contributed by atoms with E-state index in [4.69, 9.17) is 0 Å². The quantitative estimate of drug-likeness (QED) is 0.698. The van der Waals surface area contributed by atoms with Gasteiger partial charge in [0, 0.05) is 36.9 Å². The minimum atomic E-state index is -0.0839. The molecular weight excluding hydrogens is 364 g/mol. The molecule has 5 rings (SSSR count). The molecule has 3 heterocycles. The van der Waals surface area contributed by atoms with E-state index in [1.165, 1.54) is 29.4 Å². The van der Waals surface area contributed by atoms with Crippen molar-refractivity contribution < 1.29 is 4.79 Å². The molecule has 1 saturated carbocycles. The van der Waals surface area contributed by atoms with E-state index in [1.807, 2.05) is 10.9 Å². The lowest BCUT2D eigenvalue weighted by atomic mass is 10.1. The number of rotatable bonds is 5. The highest BCUT2D eigenvalue weighted by Gasteiger charge is 2.24. The number of carbonyl (C=O) groups excluding carboxylic acids is 1. The fourth-order valence-electron chi connectivity index (χ4n) is 4.69. The van der Waals surface area contributed by atoms with Gasteiger partial charge in [-0.25, -0.2) is 4.68 Å². The van der Waals surface area contributed by atoms with Gasteiger partial charge in [0.15, 0.2) is 5.69 Å². The molecule has 0 spiro atoms. The van der Waals surface area contributed by atoms with E-state index in [-0.39, 0.29) is 5.91 Å². The Kier molecular flexibility index (Phi) is 5.06. The summed E-state index contributed by atoms with van der Waals surface area (Å²) in [5.41, 5.74) is 2.90. The number of aromatic nitrogens is 4. The van der Waals surface area contributed by atoms with Crippen LogP contribution in [0.25, 0.3) is 10.9 Å². The van der Waals surface area contributed by atoms with Crippen LogP contribution in [0, 0.1) is 0 Å². The molecule has 0 radical (unpaired) electrons. The van der Waals surface area contributed by atoms with Crippen molar-refractivity contribution in [2.24, 2.45) is 0 Å². The second-order valence-corrected chi connectivity index (χ2v) is 8.43. The van der Waals surface area contributed by atoms with Crippen molar-refractivity contribution in [3.05, 3.63) is 47.9 Å². The van der Waals surface area contributed by atoms with Crippen LogP contribution in [0.4, 0.5) is 0 Å². The highest BCUT2D eigenvalue weighted by atomic mass is 16.2. The fraction of sp³-hybridized carbons (Fsp3) is 0.500. The Bertz CT molecular complexity index is 945. The van der Waals surface area contributed by atoms with Gasteiger partial charge < -0.3 is 10.3 Å². The topological polar surface area (TPSA) is 78.8 Å². The van der Waals surface area contributed by atoms with Crippen molar-refractivity contribution in [1.82, 2.24) is 30.2 Å². The normalized spacial score (nSPS) is 19.2. The van der Waals surface area contributed by atoms with Crippen LogP contribution < -0.4 is 5.32 Å². The van der Waals surface area contributed by atoms with Crippen molar-refractivity contribution in [3.8, 4) is 0 Å². The van der Waals surface area contributed by atoms with Crippen molar-refractivity contribution in [1.29, 1.82) is 0 Å².